The molecule has 120 valence electrons. The van der Waals surface area contributed by atoms with Gasteiger partial charge in [-0.2, -0.15) is 13.2 Å². The lowest BCUT2D eigenvalue weighted by Gasteiger charge is -2.33. The molecule has 3 heterocycles. The van der Waals surface area contributed by atoms with E-state index in [2.05, 4.69) is 25.1 Å². The van der Waals surface area contributed by atoms with Crippen molar-refractivity contribution in [3.63, 3.8) is 0 Å². The molecular weight excluding hydrogens is 317 g/mol. The van der Waals surface area contributed by atoms with Crippen LogP contribution in [0.2, 0.25) is 0 Å². The number of nitrogens with one attached hydrogen (secondary N) is 1. The van der Waals surface area contributed by atoms with Gasteiger partial charge in [0.05, 0.1) is 0 Å². The van der Waals surface area contributed by atoms with Crippen LogP contribution < -0.4 is 4.90 Å². The SMILES string of the molecule is Cc1ncc(CN2CCN(c3nnc(C(F)(F)F)s3)CC2)[nH]1. The second kappa shape index (κ2) is 5.84. The minimum Gasteiger partial charge on any atom is -0.345 e. The van der Waals surface area contributed by atoms with Crippen molar-refractivity contribution in [2.45, 2.75) is 19.6 Å². The first-order chi connectivity index (χ1) is 10.4. The predicted octanol–water partition coefficient (Wildman–Crippen LogP) is 1.91. The maximum absolute atomic E-state index is 12.5. The number of aromatic amines is 1. The van der Waals surface area contributed by atoms with Crippen molar-refractivity contribution < 1.29 is 13.2 Å². The van der Waals surface area contributed by atoms with Gasteiger partial charge in [-0.1, -0.05) is 11.3 Å². The Hall–Kier alpha value is -1.68. The lowest BCUT2D eigenvalue weighted by molar-refractivity contribution is -0.138. The van der Waals surface area contributed by atoms with Crippen molar-refractivity contribution >= 4 is 16.5 Å². The first kappa shape index (κ1) is 15.2. The van der Waals surface area contributed by atoms with Crippen molar-refractivity contribution in [2.24, 2.45) is 0 Å². The lowest BCUT2D eigenvalue weighted by Crippen LogP contribution is -2.46. The molecule has 0 bridgehead atoms. The summed E-state index contributed by atoms with van der Waals surface area (Å²) in [4.78, 5) is 11.4. The molecule has 0 radical (unpaired) electrons. The average molecular weight is 332 g/mol. The second-order valence-electron chi connectivity index (χ2n) is 5.14. The largest absolute Gasteiger partial charge is 0.445 e. The van der Waals surface area contributed by atoms with Gasteiger partial charge in [0, 0.05) is 44.6 Å². The third kappa shape index (κ3) is 3.38. The standard InChI is InChI=1S/C12H15F3N6S/c1-8-16-6-9(17-8)7-20-2-4-21(5-3-20)11-19-18-10(22-11)12(13,14)15/h6H,2-5,7H2,1H3,(H,16,17). The van der Waals surface area contributed by atoms with Gasteiger partial charge in [0.25, 0.3) is 0 Å². The molecule has 0 aliphatic carbocycles. The Morgan fingerprint density at radius 1 is 1.23 bits per heavy atom. The van der Waals surface area contributed by atoms with Crippen LogP contribution in [0.25, 0.3) is 0 Å². The van der Waals surface area contributed by atoms with E-state index in [1.165, 1.54) is 0 Å². The molecule has 1 aliphatic rings. The molecule has 3 rings (SSSR count). The fraction of sp³-hybridized carbons (Fsp3) is 0.583. The fourth-order valence-corrected chi connectivity index (χ4v) is 3.11. The van der Waals surface area contributed by atoms with Gasteiger partial charge in [-0.15, -0.1) is 10.2 Å². The van der Waals surface area contributed by atoms with Crippen molar-refractivity contribution in [2.75, 3.05) is 31.1 Å². The topological polar surface area (TPSA) is 60.9 Å². The Morgan fingerprint density at radius 2 is 1.95 bits per heavy atom. The summed E-state index contributed by atoms with van der Waals surface area (Å²) in [6.07, 6.45) is -2.61. The molecule has 0 saturated carbocycles. The van der Waals surface area contributed by atoms with E-state index >= 15 is 0 Å². The van der Waals surface area contributed by atoms with Crippen LogP contribution >= 0.6 is 11.3 Å². The van der Waals surface area contributed by atoms with Gasteiger partial charge >= 0.3 is 6.18 Å². The molecule has 1 aliphatic heterocycles. The normalized spacial score (nSPS) is 17.2. The summed E-state index contributed by atoms with van der Waals surface area (Å²) in [5.41, 5.74) is 1.04. The molecule has 1 saturated heterocycles. The minimum atomic E-state index is -4.42. The van der Waals surface area contributed by atoms with Crippen LogP contribution in [0, 0.1) is 6.92 Å². The van der Waals surface area contributed by atoms with E-state index in [0.717, 1.165) is 31.2 Å². The lowest BCUT2D eigenvalue weighted by atomic mass is 10.3. The number of imidazole rings is 1. The Balaban J connectivity index is 1.56. The quantitative estimate of drug-likeness (QED) is 0.930. The van der Waals surface area contributed by atoms with Crippen LogP contribution in [0.5, 0.6) is 0 Å². The second-order valence-corrected chi connectivity index (χ2v) is 6.10. The van der Waals surface area contributed by atoms with Crippen molar-refractivity contribution in [1.82, 2.24) is 25.1 Å². The minimum absolute atomic E-state index is 0.337. The number of H-pyrrole nitrogens is 1. The molecule has 1 fully saturated rings. The van der Waals surface area contributed by atoms with E-state index < -0.39 is 11.2 Å². The molecule has 2 aromatic rings. The number of hydrogen-bond donors (Lipinski definition) is 1. The number of alkyl halides is 3. The summed E-state index contributed by atoms with van der Waals surface area (Å²) in [5, 5.41) is 6.33. The zero-order valence-electron chi connectivity index (χ0n) is 11.9. The maximum atomic E-state index is 12.5. The zero-order chi connectivity index (χ0) is 15.7. The van der Waals surface area contributed by atoms with Gasteiger partial charge in [-0.05, 0) is 6.92 Å². The Morgan fingerprint density at radius 3 is 2.50 bits per heavy atom. The first-order valence-corrected chi connectivity index (χ1v) is 7.62. The number of rotatable bonds is 3. The van der Waals surface area contributed by atoms with Crippen LogP contribution in [0.15, 0.2) is 6.20 Å². The summed E-state index contributed by atoms with van der Waals surface area (Å²) in [7, 11) is 0. The number of anilines is 1. The Labute approximate surface area is 129 Å². The average Bonchev–Trinajstić information content (AvgIpc) is 3.08. The highest BCUT2D eigenvalue weighted by molar-refractivity contribution is 7.15. The number of aromatic nitrogens is 4. The number of aryl methyl sites for hydroxylation is 1. The summed E-state index contributed by atoms with van der Waals surface area (Å²) in [6.45, 7) is 5.46. The van der Waals surface area contributed by atoms with E-state index in [9.17, 15) is 13.2 Å². The van der Waals surface area contributed by atoms with Crippen LogP contribution in [-0.4, -0.2) is 51.2 Å². The molecular formula is C12H15F3N6S. The predicted molar refractivity (Wildman–Crippen MR) is 75.7 cm³/mol. The molecule has 0 spiro atoms. The molecule has 0 aromatic carbocycles. The summed E-state index contributed by atoms with van der Waals surface area (Å²) < 4.78 is 37.6. The summed E-state index contributed by atoms with van der Waals surface area (Å²) >= 11 is 0.599. The highest BCUT2D eigenvalue weighted by Crippen LogP contribution is 2.34. The summed E-state index contributed by atoms with van der Waals surface area (Å²) in [5.74, 6) is 0.877. The van der Waals surface area contributed by atoms with Gasteiger partial charge in [0.1, 0.15) is 5.82 Å². The smallest absolute Gasteiger partial charge is 0.345 e. The van der Waals surface area contributed by atoms with Crippen LogP contribution in [0.4, 0.5) is 18.3 Å². The molecule has 0 amide bonds. The van der Waals surface area contributed by atoms with E-state index in [4.69, 9.17) is 0 Å². The van der Waals surface area contributed by atoms with Gasteiger partial charge in [-0.3, -0.25) is 4.90 Å². The number of hydrogen-bond acceptors (Lipinski definition) is 6. The van der Waals surface area contributed by atoms with Gasteiger partial charge in [0.2, 0.25) is 10.1 Å². The van der Waals surface area contributed by atoms with E-state index in [-0.39, 0.29) is 0 Å². The van der Waals surface area contributed by atoms with E-state index in [0.29, 0.717) is 29.6 Å². The van der Waals surface area contributed by atoms with Crippen LogP contribution in [0.3, 0.4) is 0 Å². The number of nitrogens with zero attached hydrogens (tertiary/aromatic N) is 5. The molecule has 0 atom stereocenters. The third-order valence-electron chi connectivity index (χ3n) is 3.45. The highest BCUT2D eigenvalue weighted by Gasteiger charge is 2.36. The Kier molecular flexibility index (Phi) is 4.04. The molecule has 10 heteroatoms. The highest BCUT2D eigenvalue weighted by atomic mass is 32.1. The van der Waals surface area contributed by atoms with E-state index in [1.807, 2.05) is 18.0 Å². The van der Waals surface area contributed by atoms with Gasteiger partial charge in [-0.25, -0.2) is 4.98 Å². The van der Waals surface area contributed by atoms with Gasteiger partial charge < -0.3 is 9.88 Å². The molecule has 2 aromatic heterocycles. The van der Waals surface area contributed by atoms with Gasteiger partial charge in [0.15, 0.2) is 0 Å². The summed E-state index contributed by atoms with van der Waals surface area (Å²) in [6, 6.07) is 0. The molecule has 22 heavy (non-hydrogen) atoms. The maximum Gasteiger partial charge on any atom is 0.445 e. The molecule has 6 nitrogen and oxygen atoms in total. The molecule has 0 unspecified atom stereocenters. The zero-order valence-corrected chi connectivity index (χ0v) is 12.7. The number of piperazine rings is 1. The Bertz CT molecular complexity index is 629. The molecule has 1 N–H and O–H groups in total. The first-order valence-electron chi connectivity index (χ1n) is 6.80. The fourth-order valence-electron chi connectivity index (χ4n) is 2.35. The van der Waals surface area contributed by atoms with Crippen molar-refractivity contribution in [3.05, 3.63) is 22.7 Å². The van der Waals surface area contributed by atoms with Crippen molar-refractivity contribution in [3.8, 4) is 0 Å². The number of halogens is 3. The third-order valence-corrected chi connectivity index (χ3v) is 4.48. The van der Waals surface area contributed by atoms with Crippen LogP contribution in [0.1, 0.15) is 16.5 Å². The van der Waals surface area contributed by atoms with E-state index in [1.54, 1.807) is 0 Å². The monoisotopic (exact) mass is 332 g/mol. The van der Waals surface area contributed by atoms with Crippen LogP contribution in [-0.2, 0) is 12.7 Å². The van der Waals surface area contributed by atoms with Crippen molar-refractivity contribution in [1.29, 1.82) is 0 Å².